The number of allylic oxidation sites excluding steroid dienone is 1. The lowest BCUT2D eigenvalue weighted by molar-refractivity contribution is -0.116. The minimum Gasteiger partial charge on any atom is -0.326 e. The Bertz CT molecular complexity index is 714. The normalized spacial score (nSPS) is 15.1. The average molecular weight is 368 g/mol. The van der Waals surface area contributed by atoms with Crippen LogP contribution in [0.1, 0.15) is 38.5 Å². The molecular formula is C18H25FN2O3S. The summed E-state index contributed by atoms with van der Waals surface area (Å²) in [5, 5.41) is 2.64. The van der Waals surface area contributed by atoms with Crippen molar-refractivity contribution in [2.24, 2.45) is 0 Å². The maximum atomic E-state index is 12.9. The van der Waals surface area contributed by atoms with Crippen LogP contribution in [-0.4, -0.2) is 38.0 Å². The number of carbonyl (C=O) groups excluding carboxylic acids is 1. The molecule has 1 aliphatic rings. The number of hydrogen-bond donors (Lipinski definition) is 1. The highest BCUT2D eigenvalue weighted by Gasteiger charge is 2.18. The van der Waals surface area contributed by atoms with E-state index in [1.54, 1.807) is 0 Å². The van der Waals surface area contributed by atoms with Crippen molar-refractivity contribution in [2.75, 3.05) is 24.7 Å². The number of nitrogens with zero attached hydrogens (tertiary/aromatic N) is 1. The first-order valence-electron chi connectivity index (χ1n) is 8.53. The van der Waals surface area contributed by atoms with Gasteiger partial charge in [0.1, 0.15) is 5.82 Å². The predicted octanol–water partition coefficient (Wildman–Crippen LogP) is 3.31. The van der Waals surface area contributed by atoms with Crippen molar-refractivity contribution in [2.45, 2.75) is 38.5 Å². The van der Waals surface area contributed by atoms with Gasteiger partial charge in [-0.3, -0.25) is 4.79 Å². The third-order valence-electron chi connectivity index (χ3n) is 4.25. The molecule has 0 spiro atoms. The van der Waals surface area contributed by atoms with Crippen LogP contribution in [0, 0.1) is 5.82 Å². The molecule has 0 heterocycles. The number of halogens is 1. The Balaban J connectivity index is 1.85. The quantitative estimate of drug-likeness (QED) is 0.716. The number of hydrogen-bond acceptors (Lipinski definition) is 3. The third-order valence-corrected chi connectivity index (χ3v) is 5.56. The molecule has 0 fully saturated rings. The monoisotopic (exact) mass is 368 g/mol. The number of rotatable bonds is 8. The van der Waals surface area contributed by atoms with Crippen LogP contribution in [0.3, 0.4) is 0 Å². The van der Waals surface area contributed by atoms with Crippen LogP contribution >= 0.6 is 0 Å². The Hall–Kier alpha value is -1.73. The van der Waals surface area contributed by atoms with Crippen molar-refractivity contribution in [3.63, 3.8) is 0 Å². The molecule has 1 aliphatic carbocycles. The van der Waals surface area contributed by atoms with Crippen LogP contribution in [0.5, 0.6) is 0 Å². The second-order valence-corrected chi connectivity index (χ2v) is 8.31. The van der Waals surface area contributed by atoms with Crippen molar-refractivity contribution in [3.05, 3.63) is 41.7 Å². The van der Waals surface area contributed by atoms with Gasteiger partial charge in [0.05, 0.1) is 6.26 Å². The number of sulfonamides is 1. The van der Waals surface area contributed by atoms with E-state index < -0.39 is 10.0 Å². The third kappa shape index (κ3) is 6.96. The predicted molar refractivity (Wildman–Crippen MR) is 97.2 cm³/mol. The average Bonchev–Trinajstić information content (AvgIpc) is 2.56. The molecule has 0 saturated carbocycles. The van der Waals surface area contributed by atoms with Gasteiger partial charge in [-0.1, -0.05) is 11.6 Å². The van der Waals surface area contributed by atoms with Gasteiger partial charge in [-0.2, -0.15) is 0 Å². The molecule has 0 radical (unpaired) electrons. The maximum absolute atomic E-state index is 12.9. The standard InChI is InChI=1S/C18H25FN2O3S/c1-25(23,24)21(13-11-15-5-3-2-4-6-15)14-12-18(22)20-17-9-7-16(19)8-10-17/h5,7-10H,2-4,6,11-14H2,1H3,(H,20,22). The summed E-state index contributed by atoms with van der Waals surface area (Å²) in [5.41, 5.74) is 1.79. The molecule has 2 rings (SSSR count). The van der Waals surface area contributed by atoms with Gasteiger partial charge in [-0.15, -0.1) is 0 Å². The van der Waals surface area contributed by atoms with E-state index in [2.05, 4.69) is 11.4 Å². The highest BCUT2D eigenvalue weighted by Crippen LogP contribution is 2.20. The van der Waals surface area contributed by atoms with Gasteiger partial charge in [-0.05, 0) is 56.4 Å². The first-order chi connectivity index (χ1) is 11.8. The fourth-order valence-electron chi connectivity index (χ4n) is 2.83. The van der Waals surface area contributed by atoms with Gasteiger partial charge in [0.15, 0.2) is 0 Å². The van der Waals surface area contributed by atoms with E-state index in [0.29, 0.717) is 18.7 Å². The van der Waals surface area contributed by atoms with Crippen LogP contribution in [0.15, 0.2) is 35.9 Å². The number of amides is 1. The van der Waals surface area contributed by atoms with Crippen molar-refractivity contribution >= 4 is 21.6 Å². The summed E-state index contributed by atoms with van der Waals surface area (Å²) in [5.74, 6) is -0.671. The Morgan fingerprint density at radius 3 is 2.52 bits per heavy atom. The summed E-state index contributed by atoms with van der Waals surface area (Å²) in [6.07, 6.45) is 8.59. The Kier molecular flexibility index (Phi) is 7.13. The van der Waals surface area contributed by atoms with Crippen LogP contribution < -0.4 is 5.32 Å². The van der Waals surface area contributed by atoms with Crippen LogP contribution in [-0.2, 0) is 14.8 Å². The molecule has 0 unspecified atom stereocenters. The highest BCUT2D eigenvalue weighted by atomic mass is 32.2. The molecule has 25 heavy (non-hydrogen) atoms. The molecule has 5 nitrogen and oxygen atoms in total. The SMILES string of the molecule is CS(=O)(=O)N(CCC(=O)Nc1ccc(F)cc1)CCC1=CCCCC1. The fraction of sp³-hybridized carbons (Fsp3) is 0.500. The minimum absolute atomic E-state index is 0.0590. The van der Waals surface area contributed by atoms with Gasteiger partial charge >= 0.3 is 0 Å². The largest absolute Gasteiger partial charge is 0.326 e. The molecule has 138 valence electrons. The summed E-state index contributed by atoms with van der Waals surface area (Å²) < 4.78 is 38.1. The molecule has 0 bridgehead atoms. The Morgan fingerprint density at radius 2 is 1.92 bits per heavy atom. The van der Waals surface area contributed by atoms with E-state index in [-0.39, 0.29) is 24.7 Å². The van der Waals surface area contributed by atoms with Gasteiger partial charge in [0.25, 0.3) is 0 Å². The highest BCUT2D eigenvalue weighted by molar-refractivity contribution is 7.88. The van der Waals surface area contributed by atoms with Crippen LogP contribution in [0.25, 0.3) is 0 Å². The van der Waals surface area contributed by atoms with Crippen molar-refractivity contribution < 1.29 is 17.6 Å². The van der Waals surface area contributed by atoms with E-state index >= 15 is 0 Å². The van der Waals surface area contributed by atoms with Crippen molar-refractivity contribution in [1.29, 1.82) is 0 Å². The van der Waals surface area contributed by atoms with Crippen LogP contribution in [0.2, 0.25) is 0 Å². The van der Waals surface area contributed by atoms with E-state index in [1.165, 1.54) is 46.8 Å². The van der Waals surface area contributed by atoms with E-state index in [9.17, 15) is 17.6 Å². The molecule has 0 aromatic heterocycles. The number of benzene rings is 1. The molecule has 7 heteroatoms. The smallest absolute Gasteiger partial charge is 0.225 e. The summed E-state index contributed by atoms with van der Waals surface area (Å²) in [6.45, 7) is 0.535. The summed E-state index contributed by atoms with van der Waals surface area (Å²) in [6, 6.07) is 5.46. The molecule has 0 atom stereocenters. The molecule has 1 aromatic carbocycles. The number of carbonyl (C=O) groups is 1. The molecule has 1 amide bonds. The zero-order valence-electron chi connectivity index (χ0n) is 14.5. The van der Waals surface area contributed by atoms with Crippen molar-refractivity contribution in [3.8, 4) is 0 Å². The van der Waals surface area contributed by atoms with Gasteiger partial charge < -0.3 is 5.32 Å². The van der Waals surface area contributed by atoms with Crippen LogP contribution in [0.4, 0.5) is 10.1 Å². The molecule has 1 aromatic rings. The van der Waals surface area contributed by atoms with E-state index in [1.807, 2.05) is 0 Å². The molecular weight excluding hydrogens is 343 g/mol. The lowest BCUT2D eigenvalue weighted by atomic mass is 9.97. The molecule has 0 saturated heterocycles. The zero-order valence-corrected chi connectivity index (χ0v) is 15.3. The summed E-state index contributed by atoms with van der Waals surface area (Å²) in [4.78, 5) is 12.0. The topological polar surface area (TPSA) is 66.5 Å². The van der Waals surface area contributed by atoms with E-state index in [0.717, 1.165) is 19.3 Å². The lowest BCUT2D eigenvalue weighted by Crippen LogP contribution is -2.34. The zero-order chi connectivity index (χ0) is 18.3. The molecule has 1 N–H and O–H groups in total. The van der Waals surface area contributed by atoms with E-state index in [4.69, 9.17) is 0 Å². The minimum atomic E-state index is -3.36. The van der Waals surface area contributed by atoms with Gasteiger partial charge in [0, 0.05) is 25.2 Å². The number of nitrogens with one attached hydrogen (secondary N) is 1. The first kappa shape index (κ1) is 19.6. The maximum Gasteiger partial charge on any atom is 0.225 e. The fourth-order valence-corrected chi connectivity index (χ4v) is 3.67. The second-order valence-electron chi connectivity index (χ2n) is 6.33. The lowest BCUT2D eigenvalue weighted by Gasteiger charge is -2.21. The molecule has 0 aliphatic heterocycles. The first-order valence-corrected chi connectivity index (χ1v) is 10.4. The Morgan fingerprint density at radius 1 is 1.20 bits per heavy atom. The second kappa shape index (κ2) is 9.10. The summed E-state index contributed by atoms with van der Waals surface area (Å²) in [7, 11) is -3.36. The van der Waals surface area contributed by atoms with Gasteiger partial charge in [-0.25, -0.2) is 17.1 Å². The van der Waals surface area contributed by atoms with Crippen molar-refractivity contribution in [1.82, 2.24) is 4.31 Å². The number of anilines is 1. The Labute approximate surface area is 149 Å². The van der Waals surface area contributed by atoms with Gasteiger partial charge in [0.2, 0.25) is 15.9 Å². The summed E-state index contributed by atoms with van der Waals surface area (Å²) >= 11 is 0.